The highest BCUT2D eigenvalue weighted by molar-refractivity contribution is 5.04. The van der Waals surface area contributed by atoms with Gasteiger partial charge < -0.3 is 19.8 Å². The van der Waals surface area contributed by atoms with Crippen molar-refractivity contribution in [1.29, 1.82) is 0 Å². The standard InChI is InChI=1S/C11H20N2O2/c1-10-3-4-11(15-10)9-13-6-5-12-7-8-14-2/h3-4,12-13H,5-9H2,1-2H3. The van der Waals surface area contributed by atoms with Crippen LogP contribution in [0.3, 0.4) is 0 Å². The predicted molar refractivity (Wildman–Crippen MR) is 59.9 cm³/mol. The van der Waals surface area contributed by atoms with Crippen LogP contribution in [0.2, 0.25) is 0 Å². The van der Waals surface area contributed by atoms with E-state index in [9.17, 15) is 0 Å². The summed E-state index contributed by atoms with van der Waals surface area (Å²) >= 11 is 0. The van der Waals surface area contributed by atoms with E-state index in [0.717, 1.165) is 44.3 Å². The fourth-order valence-corrected chi connectivity index (χ4v) is 1.27. The van der Waals surface area contributed by atoms with E-state index in [2.05, 4.69) is 10.6 Å². The van der Waals surface area contributed by atoms with Crippen molar-refractivity contribution >= 4 is 0 Å². The minimum atomic E-state index is 0.761. The van der Waals surface area contributed by atoms with Crippen LogP contribution in [0.5, 0.6) is 0 Å². The SMILES string of the molecule is COCCNCCNCc1ccc(C)o1. The van der Waals surface area contributed by atoms with Crippen LogP contribution in [0, 0.1) is 6.92 Å². The Morgan fingerprint density at radius 3 is 2.67 bits per heavy atom. The maximum Gasteiger partial charge on any atom is 0.117 e. The van der Waals surface area contributed by atoms with Crippen molar-refractivity contribution < 1.29 is 9.15 Å². The summed E-state index contributed by atoms with van der Waals surface area (Å²) in [5, 5.41) is 6.55. The molecule has 2 N–H and O–H groups in total. The molecule has 0 unspecified atom stereocenters. The van der Waals surface area contributed by atoms with Gasteiger partial charge in [-0.25, -0.2) is 0 Å². The van der Waals surface area contributed by atoms with Crippen LogP contribution < -0.4 is 10.6 Å². The second-order valence-electron chi connectivity index (χ2n) is 3.43. The first-order chi connectivity index (χ1) is 7.33. The zero-order valence-electron chi connectivity index (χ0n) is 9.51. The van der Waals surface area contributed by atoms with E-state index in [1.54, 1.807) is 7.11 Å². The quantitative estimate of drug-likeness (QED) is 0.629. The summed E-state index contributed by atoms with van der Waals surface area (Å²) < 4.78 is 10.3. The van der Waals surface area contributed by atoms with Crippen molar-refractivity contribution in [2.45, 2.75) is 13.5 Å². The average molecular weight is 212 g/mol. The topological polar surface area (TPSA) is 46.4 Å². The molecule has 0 aliphatic heterocycles. The number of furan rings is 1. The van der Waals surface area contributed by atoms with Crippen molar-refractivity contribution in [3.8, 4) is 0 Å². The molecule has 0 saturated carbocycles. The number of aryl methyl sites for hydroxylation is 1. The molecule has 0 aliphatic carbocycles. The van der Waals surface area contributed by atoms with E-state index in [1.807, 2.05) is 19.1 Å². The van der Waals surface area contributed by atoms with Gasteiger partial charge in [0.1, 0.15) is 11.5 Å². The lowest BCUT2D eigenvalue weighted by atomic mass is 10.4. The van der Waals surface area contributed by atoms with Gasteiger partial charge >= 0.3 is 0 Å². The van der Waals surface area contributed by atoms with Crippen molar-refractivity contribution in [3.05, 3.63) is 23.7 Å². The molecule has 1 heterocycles. The van der Waals surface area contributed by atoms with E-state index < -0.39 is 0 Å². The Morgan fingerprint density at radius 2 is 2.00 bits per heavy atom. The highest BCUT2D eigenvalue weighted by Crippen LogP contribution is 2.04. The summed E-state index contributed by atoms with van der Waals surface area (Å²) in [6.07, 6.45) is 0. The highest BCUT2D eigenvalue weighted by atomic mass is 16.5. The normalized spacial score (nSPS) is 10.8. The molecule has 0 fully saturated rings. The minimum Gasteiger partial charge on any atom is -0.465 e. The first-order valence-corrected chi connectivity index (χ1v) is 5.28. The van der Waals surface area contributed by atoms with Crippen LogP contribution in [0.15, 0.2) is 16.5 Å². The first kappa shape index (κ1) is 12.2. The molecule has 86 valence electrons. The number of nitrogens with one attached hydrogen (secondary N) is 2. The third-order valence-electron chi connectivity index (χ3n) is 2.06. The summed E-state index contributed by atoms with van der Waals surface area (Å²) in [5.74, 6) is 1.95. The minimum absolute atomic E-state index is 0.761. The molecule has 0 bridgehead atoms. The third-order valence-corrected chi connectivity index (χ3v) is 2.06. The van der Waals surface area contributed by atoms with E-state index in [1.165, 1.54) is 0 Å². The monoisotopic (exact) mass is 212 g/mol. The molecule has 1 aromatic rings. The molecule has 0 amide bonds. The summed E-state index contributed by atoms with van der Waals surface area (Å²) in [6, 6.07) is 3.98. The van der Waals surface area contributed by atoms with Gasteiger partial charge in [-0.05, 0) is 19.1 Å². The van der Waals surface area contributed by atoms with Gasteiger partial charge in [0, 0.05) is 26.7 Å². The van der Waals surface area contributed by atoms with Crippen LogP contribution >= 0.6 is 0 Å². The van der Waals surface area contributed by atoms with Crippen molar-refractivity contribution in [2.24, 2.45) is 0 Å². The molecule has 0 atom stereocenters. The van der Waals surface area contributed by atoms with Gasteiger partial charge in [-0.2, -0.15) is 0 Å². The highest BCUT2D eigenvalue weighted by Gasteiger charge is 1.96. The largest absolute Gasteiger partial charge is 0.465 e. The molecular formula is C11H20N2O2. The zero-order chi connectivity index (χ0) is 10.9. The van der Waals surface area contributed by atoms with Gasteiger partial charge in [0.05, 0.1) is 13.2 Å². The molecule has 0 saturated heterocycles. The molecule has 15 heavy (non-hydrogen) atoms. The fourth-order valence-electron chi connectivity index (χ4n) is 1.27. The van der Waals surface area contributed by atoms with Crippen LogP contribution in [0.1, 0.15) is 11.5 Å². The second kappa shape index (κ2) is 7.45. The van der Waals surface area contributed by atoms with E-state index in [0.29, 0.717) is 0 Å². The molecule has 1 rings (SSSR count). The van der Waals surface area contributed by atoms with Gasteiger partial charge in [-0.15, -0.1) is 0 Å². The second-order valence-corrected chi connectivity index (χ2v) is 3.43. The summed E-state index contributed by atoms with van der Waals surface area (Å²) in [6.45, 7) is 6.29. The Kier molecular flexibility index (Phi) is 6.08. The number of hydrogen-bond acceptors (Lipinski definition) is 4. The lowest BCUT2D eigenvalue weighted by Crippen LogP contribution is -2.29. The lowest BCUT2D eigenvalue weighted by Gasteiger charge is -2.04. The number of methoxy groups -OCH3 is 1. The van der Waals surface area contributed by atoms with Gasteiger partial charge in [-0.3, -0.25) is 0 Å². The molecule has 0 radical (unpaired) electrons. The molecule has 0 spiro atoms. The van der Waals surface area contributed by atoms with Crippen molar-refractivity contribution in [1.82, 2.24) is 10.6 Å². The molecule has 4 nitrogen and oxygen atoms in total. The maximum atomic E-state index is 5.43. The fraction of sp³-hybridized carbons (Fsp3) is 0.636. The maximum absolute atomic E-state index is 5.43. The van der Waals surface area contributed by atoms with Gasteiger partial charge in [-0.1, -0.05) is 0 Å². The third kappa shape index (κ3) is 5.57. The molecule has 1 aromatic heterocycles. The van der Waals surface area contributed by atoms with Crippen LogP contribution in [-0.4, -0.2) is 33.4 Å². The summed E-state index contributed by atoms with van der Waals surface area (Å²) in [4.78, 5) is 0. The Labute approximate surface area is 91.0 Å². The Balaban J connectivity index is 1.93. The Bertz CT molecular complexity index is 261. The zero-order valence-corrected chi connectivity index (χ0v) is 9.51. The van der Waals surface area contributed by atoms with Gasteiger partial charge in [0.25, 0.3) is 0 Å². The molecular weight excluding hydrogens is 192 g/mol. The van der Waals surface area contributed by atoms with Crippen molar-refractivity contribution in [3.63, 3.8) is 0 Å². The molecule has 4 heteroatoms. The smallest absolute Gasteiger partial charge is 0.117 e. The van der Waals surface area contributed by atoms with Crippen LogP contribution in [-0.2, 0) is 11.3 Å². The predicted octanol–water partition coefficient (Wildman–Crippen LogP) is 0.914. The van der Waals surface area contributed by atoms with Crippen LogP contribution in [0.25, 0.3) is 0 Å². The number of hydrogen-bond donors (Lipinski definition) is 2. The van der Waals surface area contributed by atoms with E-state index in [4.69, 9.17) is 9.15 Å². The van der Waals surface area contributed by atoms with Crippen molar-refractivity contribution in [2.75, 3.05) is 33.4 Å². The first-order valence-electron chi connectivity index (χ1n) is 5.28. The van der Waals surface area contributed by atoms with Crippen LogP contribution in [0.4, 0.5) is 0 Å². The van der Waals surface area contributed by atoms with Gasteiger partial charge in [0.15, 0.2) is 0 Å². The molecule has 0 aromatic carbocycles. The van der Waals surface area contributed by atoms with E-state index in [-0.39, 0.29) is 0 Å². The average Bonchev–Trinajstić information content (AvgIpc) is 2.63. The number of ether oxygens (including phenoxy) is 1. The summed E-state index contributed by atoms with van der Waals surface area (Å²) in [7, 11) is 1.71. The lowest BCUT2D eigenvalue weighted by molar-refractivity contribution is 0.199. The molecule has 0 aliphatic rings. The van der Waals surface area contributed by atoms with E-state index >= 15 is 0 Å². The summed E-state index contributed by atoms with van der Waals surface area (Å²) in [5.41, 5.74) is 0. The number of rotatable bonds is 8. The Hall–Kier alpha value is -0.840. The van der Waals surface area contributed by atoms with Gasteiger partial charge in [0.2, 0.25) is 0 Å². The Morgan fingerprint density at radius 1 is 1.20 bits per heavy atom.